The topological polar surface area (TPSA) is 100 Å². The predicted molar refractivity (Wildman–Crippen MR) is 111 cm³/mol. The first kappa shape index (κ1) is 25.4. The van der Waals surface area contributed by atoms with E-state index in [1.54, 1.807) is 21.0 Å². The van der Waals surface area contributed by atoms with Gasteiger partial charge in [-0.1, -0.05) is 30.3 Å². The van der Waals surface area contributed by atoms with Crippen LogP contribution in [0.1, 0.15) is 25.8 Å². The van der Waals surface area contributed by atoms with Gasteiger partial charge in [0.25, 0.3) is 0 Å². The molecule has 0 aliphatic heterocycles. The van der Waals surface area contributed by atoms with Crippen molar-refractivity contribution in [3.05, 3.63) is 35.9 Å². The fraction of sp³-hybridized carbons (Fsp3) is 0.650. The smallest absolute Gasteiger partial charge is 0.407 e. The average molecular weight is 432 g/mol. The van der Waals surface area contributed by atoms with Crippen molar-refractivity contribution in [2.75, 3.05) is 51.6 Å². The van der Waals surface area contributed by atoms with Crippen LogP contribution in [0.4, 0.5) is 4.79 Å². The normalized spacial score (nSPS) is 12.0. The molecule has 0 heterocycles. The van der Waals surface area contributed by atoms with Gasteiger partial charge in [0, 0.05) is 12.6 Å². The van der Waals surface area contributed by atoms with Crippen LogP contribution in [-0.4, -0.2) is 71.7 Å². The van der Waals surface area contributed by atoms with E-state index in [1.165, 1.54) is 0 Å². The Labute approximate surface area is 173 Å². The van der Waals surface area contributed by atoms with Crippen LogP contribution in [0, 0.1) is 0 Å². The minimum absolute atomic E-state index is 0.0489. The van der Waals surface area contributed by atoms with Crippen LogP contribution in [-0.2, 0) is 35.4 Å². The fourth-order valence-corrected chi connectivity index (χ4v) is 3.66. The summed E-state index contributed by atoms with van der Waals surface area (Å²) < 4.78 is 44.9. The lowest BCUT2D eigenvalue weighted by Crippen LogP contribution is -2.45. The molecule has 0 spiro atoms. The molecular weight excluding hydrogens is 398 g/mol. The zero-order chi connectivity index (χ0) is 21.6. The summed E-state index contributed by atoms with van der Waals surface area (Å²) in [7, 11) is -1.69. The second-order valence-corrected chi connectivity index (χ2v) is 9.49. The molecule has 0 saturated carbocycles. The van der Waals surface area contributed by atoms with E-state index >= 15 is 0 Å². The molecule has 0 radical (unpaired) electrons. The van der Waals surface area contributed by atoms with Crippen molar-refractivity contribution in [3.63, 3.8) is 0 Å². The van der Waals surface area contributed by atoms with Crippen molar-refractivity contribution in [1.82, 2.24) is 5.32 Å². The SMILES string of the molecule is COCCOCCOCCS(=O)(=O)CCC(C)(C)NC(=O)OCc1ccccc1. The Morgan fingerprint density at radius 2 is 1.59 bits per heavy atom. The molecule has 1 N–H and O–H groups in total. The van der Waals surface area contributed by atoms with E-state index in [0.717, 1.165) is 5.56 Å². The van der Waals surface area contributed by atoms with E-state index in [-0.39, 0.29) is 31.1 Å². The monoisotopic (exact) mass is 431 g/mol. The van der Waals surface area contributed by atoms with Gasteiger partial charge in [-0.15, -0.1) is 0 Å². The molecule has 0 aliphatic carbocycles. The molecule has 1 amide bonds. The van der Waals surface area contributed by atoms with Crippen LogP contribution >= 0.6 is 0 Å². The van der Waals surface area contributed by atoms with Gasteiger partial charge in [0.2, 0.25) is 0 Å². The number of rotatable bonds is 15. The molecular formula is C20H33NO7S. The maximum absolute atomic E-state index is 12.2. The second kappa shape index (κ2) is 13.5. The quantitative estimate of drug-likeness (QED) is 0.425. The van der Waals surface area contributed by atoms with Gasteiger partial charge in [-0.2, -0.15) is 0 Å². The predicted octanol–water partition coefficient (Wildman–Crippen LogP) is 2.18. The van der Waals surface area contributed by atoms with E-state index in [0.29, 0.717) is 26.4 Å². The zero-order valence-corrected chi connectivity index (χ0v) is 18.3. The third kappa shape index (κ3) is 13.2. The highest BCUT2D eigenvalue weighted by Gasteiger charge is 2.24. The summed E-state index contributed by atoms with van der Waals surface area (Å²) in [6.07, 6.45) is -0.302. The minimum atomic E-state index is -3.29. The third-order valence-corrected chi connectivity index (χ3v) is 5.65. The number of amides is 1. The molecule has 0 saturated heterocycles. The first-order valence-corrected chi connectivity index (χ1v) is 11.4. The van der Waals surface area contributed by atoms with Crippen LogP contribution in [0.15, 0.2) is 30.3 Å². The van der Waals surface area contributed by atoms with Gasteiger partial charge in [0.05, 0.1) is 44.5 Å². The number of nitrogens with one attached hydrogen (secondary N) is 1. The van der Waals surface area contributed by atoms with Crippen molar-refractivity contribution in [2.45, 2.75) is 32.4 Å². The van der Waals surface area contributed by atoms with Crippen LogP contribution in [0.25, 0.3) is 0 Å². The average Bonchev–Trinajstić information content (AvgIpc) is 2.68. The number of hydrogen-bond acceptors (Lipinski definition) is 7. The Hall–Kier alpha value is -1.68. The number of benzene rings is 1. The van der Waals surface area contributed by atoms with Crippen LogP contribution < -0.4 is 5.32 Å². The van der Waals surface area contributed by atoms with Gasteiger partial charge in [-0.25, -0.2) is 13.2 Å². The number of alkyl carbamates (subject to hydrolysis) is 1. The number of sulfone groups is 1. The highest BCUT2D eigenvalue weighted by atomic mass is 32.2. The largest absolute Gasteiger partial charge is 0.445 e. The number of ether oxygens (including phenoxy) is 4. The molecule has 0 atom stereocenters. The molecule has 0 aromatic heterocycles. The Kier molecular flexibility index (Phi) is 11.8. The molecule has 166 valence electrons. The summed E-state index contributed by atoms with van der Waals surface area (Å²) in [5, 5.41) is 2.72. The van der Waals surface area contributed by atoms with Gasteiger partial charge < -0.3 is 24.3 Å². The second-order valence-electron chi connectivity index (χ2n) is 7.19. The van der Waals surface area contributed by atoms with E-state index < -0.39 is 21.5 Å². The molecule has 0 unspecified atom stereocenters. The summed E-state index contributed by atoms with van der Waals surface area (Å²) in [4.78, 5) is 12.0. The summed E-state index contributed by atoms with van der Waals surface area (Å²) in [6.45, 7) is 5.52. The third-order valence-electron chi connectivity index (χ3n) is 4.03. The van der Waals surface area contributed by atoms with E-state index in [1.807, 2.05) is 30.3 Å². The number of hydrogen-bond donors (Lipinski definition) is 1. The van der Waals surface area contributed by atoms with E-state index in [4.69, 9.17) is 18.9 Å². The Balaban J connectivity index is 2.22. The molecule has 8 nitrogen and oxygen atoms in total. The minimum Gasteiger partial charge on any atom is -0.445 e. The van der Waals surface area contributed by atoms with Gasteiger partial charge in [0.15, 0.2) is 9.84 Å². The lowest BCUT2D eigenvalue weighted by molar-refractivity contribution is 0.0284. The van der Waals surface area contributed by atoms with Crippen molar-refractivity contribution in [3.8, 4) is 0 Å². The van der Waals surface area contributed by atoms with E-state index in [9.17, 15) is 13.2 Å². The van der Waals surface area contributed by atoms with Gasteiger partial charge in [-0.3, -0.25) is 0 Å². The Morgan fingerprint density at radius 3 is 2.24 bits per heavy atom. The molecule has 1 aromatic carbocycles. The van der Waals surface area contributed by atoms with Crippen LogP contribution in [0.2, 0.25) is 0 Å². The van der Waals surface area contributed by atoms with Crippen molar-refractivity contribution in [1.29, 1.82) is 0 Å². The lowest BCUT2D eigenvalue weighted by Gasteiger charge is -2.25. The highest BCUT2D eigenvalue weighted by molar-refractivity contribution is 7.91. The van der Waals surface area contributed by atoms with Crippen molar-refractivity contribution < 1.29 is 32.2 Å². The molecule has 0 fully saturated rings. The molecule has 9 heteroatoms. The highest BCUT2D eigenvalue weighted by Crippen LogP contribution is 2.12. The lowest BCUT2D eigenvalue weighted by atomic mass is 10.0. The molecule has 29 heavy (non-hydrogen) atoms. The maximum atomic E-state index is 12.2. The van der Waals surface area contributed by atoms with Crippen molar-refractivity contribution in [2.24, 2.45) is 0 Å². The maximum Gasteiger partial charge on any atom is 0.407 e. The Bertz CT molecular complexity index is 677. The summed E-state index contributed by atoms with van der Waals surface area (Å²) in [5.74, 6) is -0.119. The van der Waals surface area contributed by atoms with Gasteiger partial charge in [-0.05, 0) is 25.8 Å². The number of carbonyl (C=O) groups excluding carboxylic acids is 1. The molecule has 1 rings (SSSR count). The first-order chi connectivity index (χ1) is 13.7. The van der Waals surface area contributed by atoms with Gasteiger partial charge in [0.1, 0.15) is 6.61 Å². The van der Waals surface area contributed by atoms with Crippen molar-refractivity contribution >= 4 is 15.9 Å². The van der Waals surface area contributed by atoms with Crippen LogP contribution in [0.5, 0.6) is 0 Å². The fourth-order valence-electron chi connectivity index (χ4n) is 2.26. The van der Waals surface area contributed by atoms with Crippen LogP contribution in [0.3, 0.4) is 0 Å². The number of carbonyl (C=O) groups is 1. The molecule has 1 aromatic rings. The molecule has 0 bridgehead atoms. The standard InChI is InChI=1S/C20H33NO7S/c1-20(2,21-19(22)28-17-18-7-5-4-6-8-18)9-15-29(23,24)16-14-27-13-12-26-11-10-25-3/h4-8H,9-17H2,1-3H3,(H,21,22). The van der Waals surface area contributed by atoms with E-state index in [2.05, 4.69) is 5.32 Å². The summed E-state index contributed by atoms with van der Waals surface area (Å²) >= 11 is 0. The zero-order valence-electron chi connectivity index (χ0n) is 17.5. The van der Waals surface area contributed by atoms with Gasteiger partial charge >= 0.3 is 6.09 Å². The summed E-state index contributed by atoms with van der Waals surface area (Å²) in [5.41, 5.74) is 0.170. The Morgan fingerprint density at radius 1 is 0.966 bits per heavy atom. The number of methoxy groups -OCH3 is 1. The summed E-state index contributed by atoms with van der Waals surface area (Å²) in [6, 6.07) is 9.33. The first-order valence-electron chi connectivity index (χ1n) is 9.58. The molecule has 0 aliphatic rings.